The second-order valence-corrected chi connectivity index (χ2v) is 12.1. The van der Waals surface area contributed by atoms with Crippen molar-refractivity contribution < 1.29 is 19.1 Å². The molecule has 1 aliphatic heterocycles. The number of nitrogens with zero attached hydrogens (tertiary/aromatic N) is 3. The molecule has 3 amide bonds. The van der Waals surface area contributed by atoms with Crippen LogP contribution in [-0.2, 0) is 11.2 Å². The molecule has 0 saturated carbocycles. The van der Waals surface area contributed by atoms with E-state index >= 15 is 0 Å². The highest BCUT2D eigenvalue weighted by Crippen LogP contribution is 2.25. The Labute approximate surface area is 277 Å². The van der Waals surface area contributed by atoms with E-state index in [1.54, 1.807) is 23.2 Å². The molecule has 0 radical (unpaired) electrons. The monoisotopic (exact) mass is 633 g/mol. The van der Waals surface area contributed by atoms with Gasteiger partial charge < -0.3 is 25.2 Å². The molecular weight excluding hydrogens is 590 g/mol. The SMILES string of the molecule is CCC(=O)Nc1ccc(-c2ccc(OC3CCN(C(=O)c4ccc(C)cc4C(=O)NCCc4ccc(N(C)C)cc4)CC3)nc2)cc1. The van der Waals surface area contributed by atoms with Crippen molar-refractivity contribution in [2.75, 3.05) is 43.9 Å². The van der Waals surface area contributed by atoms with Crippen molar-refractivity contribution >= 4 is 29.1 Å². The molecule has 2 N–H and O–H groups in total. The molecule has 9 heteroatoms. The lowest BCUT2D eigenvalue weighted by atomic mass is 10.0. The number of piperidine rings is 1. The second-order valence-electron chi connectivity index (χ2n) is 12.1. The van der Waals surface area contributed by atoms with E-state index in [1.165, 1.54) is 0 Å². The largest absolute Gasteiger partial charge is 0.474 e. The number of pyridine rings is 1. The summed E-state index contributed by atoms with van der Waals surface area (Å²) in [4.78, 5) is 46.8. The minimum Gasteiger partial charge on any atom is -0.474 e. The Kier molecular flexibility index (Phi) is 10.9. The quantitative estimate of drug-likeness (QED) is 0.206. The van der Waals surface area contributed by atoms with Crippen LogP contribution in [0.4, 0.5) is 11.4 Å². The predicted octanol–water partition coefficient (Wildman–Crippen LogP) is 6.13. The van der Waals surface area contributed by atoms with Gasteiger partial charge in [0.1, 0.15) is 6.10 Å². The van der Waals surface area contributed by atoms with Gasteiger partial charge in [-0.25, -0.2) is 4.98 Å². The van der Waals surface area contributed by atoms with E-state index in [9.17, 15) is 14.4 Å². The number of aromatic nitrogens is 1. The summed E-state index contributed by atoms with van der Waals surface area (Å²) in [6.07, 6.45) is 4.18. The van der Waals surface area contributed by atoms with Crippen LogP contribution in [0, 0.1) is 6.92 Å². The zero-order valence-corrected chi connectivity index (χ0v) is 27.6. The summed E-state index contributed by atoms with van der Waals surface area (Å²) in [7, 11) is 4.01. The molecule has 0 unspecified atom stereocenters. The summed E-state index contributed by atoms with van der Waals surface area (Å²) in [6.45, 7) is 5.27. The van der Waals surface area contributed by atoms with Crippen LogP contribution in [0.1, 0.15) is 58.0 Å². The summed E-state index contributed by atoms with van der Waals surface area (Å²) in [6, 6.07) is 25.2. The number of rotatable bonds is 11. The van der Waals surface area contributed by atoms with E-state index in [4.69, 9.17) is 4.74 Å². The molecule has 0 atom stereocenters. The summed E-state index contributed by atoms with van der Waals surface area (Å²) >= 11 is 0. The number of benzene rings is 3. The van der Waals surface area contributed by atoms with Gasteiger partial charge in [-0.2, -0.15) is 0 Å². The van der Waals surface area contributed by atoms with Gasteiger partial charge in [0.15, 0.2) is 0 Å². The minimum atomic E-state index is -0.242. The lowest BCUT2D eigenvalue weighted by Gasteiger charge is -2.32. The van der Waals surface area contributed by atoms with E-state index in [1.807, 2.05) is 75.3 Å². The number of aryl methyl sites for hydroxylation is 1. The first-order valence-electron chi connectivity index (χ1n) is 16.2. The molecule has 0 bridgehead atoms. The van der Waals surface area contributed by atoms with E-state index < -0.39 is 0 Å². The Morgan fingerprint density at radius 2 is 1.60 bits per heavy atom. The van der Waals surface area contributed by atoms with Crippen LogP contribution in [-0.4, -0.2) is 67.4 Å². The van der Waals surface area contributed by atoms with Crippen LogP contribution >= 0.6 is 0 Å². The van der Waals surface area contributed by atoms with Crippen molar-refractivity contribution in [2.45, 2.75) is 45.6 Å². The number of likely N-dealkylation sites (tertiary alicyclic amines) is 1. The highest BCUT2D eigenvalue weighted by molar-refractivity contribution is 6.07. The first kappa shape index (κ1) is 33.2. The number of hydrogen-bond acceptors (Lipinski definition) is 6. The van der Waals surface area contributed by atoms with Crippen LogP contribution in [0.25, 0.3) is 11.1 Å². The maximum absolute atomic E-state index is 13.6. The van der Waals surface area contributed by atoms with Crippen molar-refractivity contribution in [3.05, 3.63) is 107 Å². The molecule has 244 valence electrons. The molecule has 1 aromatic heterocycles. The maximum Gasteiger partial charge on any atom is 0.254 e. The first-order valence-corrected chi connectivity index (χ1v) is 16.2. The molecule has 9 nitrogen and oxygen atoms in total. The number of nitrogens with one attached hydrogen (secondary N) is 2. The van der Waals surface area contributed by atoms with Gasteiger partial charge in [-0.1, -0.05) is 42.8 Å². The van der Waals surface area contributed by atoms with E-state index in [0.29, 0.717) is 62.3 Å². The van der Waals surface area contributed by atoms with Gasteiger partial charge in [-0.05, 0) is 66.9 Å². The van der Waals surface area contributed by atoms with Crippen molar-refractivity contribution in [1.29, 1.82) is 0 Å². The number of hydrogen-bond donors (Lipinski definition) is 2. The Bertz CT molecular complexity index is 1680. The number of anilines is 2. The van der Waals surface area contributed by atoms with Crippen LogP contribution < -0.4 is 20.3 Å². The fourth-order valence-electron chi connectivity index (χ4n) is 5.54. The van der Waals surface area contributed by atoms with Crippen molar-refractivity contribution in [1.82, 2.24) is 15.2 Å². The summed E-state index contributed by atoms with van der Waals surface area (Å²) in [5.41, 5.74) is 6.71. The van der Waals surface area contributed by atoms with E-state index in [2.05, 4.69) is 39.9 Å². The van der Waals surface area contributed by atoms with Crippen LogP contribution in [0.15, 0.2) is 85.1 Å². The Morgan fingerprint density at radius 1 is 0.894 bits per heavy atom. The number of ether oxygens (including phenoxy) is 1. The van der Waals surface area contributed by atoms with Gasteiger partial charge in [0.2, 0.25) is 11.8 Å². The summed E-state index contributed by atoms with van der Waals surface area (Å²) in [5, 5.41) is 5.86. The molecule has 5 rings (SSSR count). The Hall–Kier alpha value is -5.18. The fraction of sp³-hybridized carbons (Fsp3) is 0.316. The summed E-state index contributed by atoms with van der Waals surface area (Å²) in [5.74, 6) is 0.133. The highest BCUT2D eigenvalue weighted by Gasteiger charge is 2.27. The van der Waals surface area contributed by atoms with Gasteiger partial charge in [0, 0.05) is 82.2 Å². The Morgan fingerprint density at radius 3 is 2.23 bits per heavy atom. The van der Waals surface area contributed by atoms with Gasteiger partial charge in [0.25, 0.3) is 11.8 Å². The fourth-order valence-corrected chi connectivity index (χ4v) is 5.54. The molecule has 1 saturated heterocycles. The standard InChI is InChI=1S/C38H43N5O4/c1-5-35(44)41-30-12-9-28(10-13-30)29-11-17-36(40-25-29)47-32-19-22-43(23-20-32)38(46)33-16-6-26(2)24-34(33)37(45)39-21-18-27-7-14-31(15-8-27)42(3)4/h6-17,24-25,32H,5,18-23H2,1-4H3,(H,39,45)(H,41,44). The van der Waals surface area contributed by atoms with Crippen LogP contribution in [0.2, 0.25) is 0 Å². The molecule has 1 fully saturated rings. The normalized spacial score (nSPS) is 13.1. The van der Waals surface area contributed by atoms with Crippen LogP contribution in [0.3, 0.4) is 0 Å². The average Bonchev–Trinajstić information content (AvgIpc) is 3.09. The third kappa shape index (κ3) is 8.76. The zero-order valence-electron chi connectivity index (χ0n) is 27.6. The molecule has 0 aliphatic carbocycles. The third-order valence-electron chi connectivity index (χ3n) is 8.38. The highest BCUT2D eigenvalue weighted by atomic mass is 16.5. The molecule has 3 aromatic carbocycles. The lowest BCUT2D eigenvalue weighted by Crippen LogP contribution is -2.42. The average molecular weight is 634 g/mol. The number of carbonyl (C=O) groups is 3. The van der Waals surface area contributed by atoms with Crippen LogP contribution in [0.5, 0.6) is 5.88 Å². The zero-order chi connectivity index (χ0) is 33.3. The van der Waals surface area contributed by atoms with Gasteiger partial charge >= 0.3 is 0 Å². The summed E-state index contributed by atoms with van der Waals surface area (Å²) < 4.78 is 6.17. The molecule has 1 aliphatic rings. The first-order chi connectivity index (χ1) is 22.7. The topological polar surface area (TPSA) is 104 Å². The van der Waals surface area contributed by atoms with E-state index in [0.717, 1.165) is 33.6 Å². The maximum atomic E-state index is 13.6. The predicted molar refractivity (Wildman–Crippen MR) is 186 cm³/mol. The second kappa shape index (κ2) is 15.4. The molecule has 0 spiro atoms. The van der Waals surface area contributed by atoms with Gasteiger partial charge in [-0.15, -0.1) is 0 Å². The Balaban J connectivity index is 1.13. The molecule has 2 heterocycles. The molecule has 4 aromatic rings. The molecular formula is C38H43N5O4. The number of carbonyl (C=O) groups excluding carboxylic acids is 3. The number of amides is 3. The minimum absolute atomic E-state index is 0.0207. The van der Waals surface area contributed by atoms with Crippen molar-refractivity contribution in [3.63, 3.8) is 0 Å². The lowest BCUT2D eigenvalue weighted by molar-refractivity contribution is -0.115. The molecule has 47 heavy (non-hydrogen) atoms. The van der Waals surface area contributed by atoms with Gasteiger partial charge in [0.05, 0.1) is 11.1 Å². The van der Waals surface area contributed by atoms with Crippen molar-refractivity contribution in [2.24, 2.45) is 0 Å². The van der Waals surface area contributed by atoms with E-state index in [-0.39, 0.29) is 23.8 Å². The van der Waals surface area contributed by atoms with Gasteiger partial charge in [-0.3, -0.25) is 14.4 Å². The van der Waals surface area contributed by atoms with Crippen molar-refractivity contribution in [3.8, 4) is 17.0 Å². The third-order valence-corrected chi connectivity index (χ3v) is 8.38. The smallest absolute Gasteiger partial charge is 0.254 e.